The number of aromatic amines is 1. The van der Waals surface area contributed by atoms with Crippen molar-refractivity contribution in [2.45, 2.75) is 38.2 Å². The maximum Gasteiger partial charge on any atom is 0.140 e. The van der Waals surface area contributed by atoms with Crippen molar-refractivity contribution in [3.63, 3.8) is 0 Å². The van der Waals surface area contributed by atoms with Crippen LogP contribution in [-0.4, -0.2) is 23.3 Å². The number of nitrogens with zero attached hydrogens (tertiary/aromatic N) is 1. The molecule has 0 bridgehead atoms. The van der Waals surface area contributed by atoms with Crippen molar-refractivity contribution in [2.75, 3.05) is 13.1 Å². The highest BCUT2D eigenvalue weighted by Gasteiger charge is 2.45. The predicted octanol–water partition coefficient (Wildman–Crippen LogP) is 3.17. The first-order chi connectivity index (χ1) is 10.2. The van der Waals surface area contributed by atoms with Gasteiger partial charge in [0.15, 0.2) is 0 Å². The van der Waals surface area contributed by atoms with E-state index in [2.05, 4.69) is 47.6 Å². The molecule has 21 heavy (non-hydrogen) atoms. The SMILES string of the molecule is CC(C)c1[nH]nc2c1C1(CCNCC1)Oc1ccccc1-2. The van der Waals surface area contributed by atoms with Crippen LogP contribution in [0.5, 0.6) is 5.75 Å². The standard InChI is InChI=1S/C17H21N3O/c1-11(2)15-14-16(20-19-15)12-5-3-4-6-13(12)21-17(14)7-9-18-10-8-17/h3-6,11,18H,7-10H2,1-2H3,(H,19,20). The van der Waals surface area contributed by atoms with Crippen LogP contribution in [0, 0.1) is 0 Å². The average Bonchev–Trinajstić information content (AvgIpc) is 2.95. The smallest absolute Gasteiger partial charge is 0.140 e. The summed E-state index contributed by atoms with van der Waals surface area (Å²) < 4.78 is 6.54. The molecule has 1 aromatic heterocycles. The van der Waals surface area contributed by atoms with Gasteiger partial charge >= 0.3 is 0 Å². The van der Waals surface area contributed by atoms with Gasteiger partial charge in [-0.1, -0.05) is 26.0 Å². The van der Waals surface area contributed by atoms with E-state index in [0.29, 0.717) is 5.92 Å². The summed E-state index contributed by atoms with van der Waals surface area (Å²) in [4.78, 5) is 0. The molecule has 3 heterocycles. The molecule has 2 aliphatic rings. The van der Waals surface area contributed by atoms with Gasteiger partial charge in [0.05, 0.1) is 0 Å². The Morgan fingerprint density at radius 2 is 1.95 bits per heavy atom. The maximum absolute atomic E-state index is 6.54. The molecular weight excluding hydrogens is 262 g/mol. The number of aromatic nitrogens is 2. The molecule has 1 aromatic carbocycles. The number of H-pyrrole nitrogens is 1. The summed E-state index contributed by atoms with van der Waals surface area (Å²) in [7, 11) is 0. The van der Waals surface area contributed by atoms with Crippen LogP contribution >= 0.6 is 0 Å². The molecule has 1 fully saturated rings. The van der Waals surface area contributed by atoms with Gasteiger partial charge in [0.2, 0.25) is 0 Å². The molecule has 0 unspecified atom stereocenters. The van der Waals surface area contributed by atoms with E-state index in [9.17, 15) is 0 Å². The molecule has 1 spiro atoms. The van der Waals surface area contributed by atoms with Crippen LogP contribution in [-0.2, 0) is 5.60 Å². The first kappa shape index (κ1) is 12.9. The fourth-order valence-corrected chi connectivity index (χ4v) is 3.62. The number of hydrogen-bond acceptors (Lipinski definition) is 3. The van der Waals surface area contributed by atoms with E-state index in [1.165, 1.54) is 11.3 Å². The molecule has 0 saturated carbocycles. The van der Waals surface area contributed by atoms with Crippen LogP contribution in [0.25, 0.3) is 11.3 Å². The Kier molecular flexibility index (Phi) is 2.82. The normalized spacial score (nSPS) is 19.2. The van der Waals surface area contributed by atoms with Gasteiger partial charge in [-0.15, -0.1) is 0 Å². The lowest BCUT2D eigenvalue weighted by atomic mass is 9.78. The zero-order valence-electron chi connectivity index (χ0n) is 12.6. The second-order valence-corrected chi connectivity index (χ2v) is 6.36. The average molecular weight is 283 g/mol. The monoisotopic (exact) mass is 283 g/mol. The summed E-state index contributed by atoms with van der Waals surface area (Å²) in [5, 5.41) is 11.4. The van der Waals surface area contributed by atoms with Crippen molar-refractivity contribution in [3.05, 3.63) is 35.5 Å². The Balaban J connectivity index is 1.96. The second kappa shape index (κ2) is 4.60. The van der Waals surface area contributed by atoms with E-state index in [0.717, 1.165) is 42.9 Å². The molecular formula is C17H21N3O. The molecule has 2 aliphatic heterocycles. The van der Waals surface area contributed by atoms with E-state index in [4.69, 9.17) is 4.74 Å². The molecule has 4 heteroatoms. The number of para-hydroxylation sites is 1. The van der Waals surface area contributed by atoms with Gasteiger partial charge < -0.3 is 10.1 Å². The quantitative estimate of drug-likeness (QED) is 0.845. The summed E-state index contributed by atoms with van der Waals surface area (Å²) in [6, 6.07) is 8.25. The third-order valence-electron chi connectivity index (χ3n) is 4.69. The Morgan fingerprint density at radius 1 is 1.19 bits per heavy atom. The molecule has 2 N–H and O–H groups in total. The number of hydrogen-bond donors (Lipinski definition) is 2. The van der Waals surface area contributed by atoms with Crippen LogP contribution in [0.3, 0.4) is 0 Å². The van der Waals surface area contributed by atoms with Crippen molar-refractivity contribution >= 4 is 0 Å². The Bertz CT molecular complexity index is 668. The minimum absolute atomic E-state index is 0.221. The van der Waals surface area contributed by atoms with E-state index >= 15 is 0 Å². The number of nitrogens with one attached hydrogen (secondary N) is 2. The van der Waals surface area contributed by atoms with E-state index in [1.807, 2.05) is 6.07 Å². The highest BCUT2D eigenvalue weighted by Crippen LogP contribution is 2.50. The summed E-state index contributed by atoms with van der Waals surface area (Å²) in [6.07, 6.45) is 1.99. The van der Waals surface area contributed by atoms with Crippen LogP contribution in [0.4, 0.5) is 0 Å². The summed E-state index contributed by atoms with van der Waals surface area (Å²) in [5.74, 6) is 1.38. The Labute approximate surface area is 124 Å². The molecule has 0 amide bonds. The third kappa shape index (κ3) is 1.82. The van der Waals surface area contributed by atoms with Crippen molar-refractivity contribution in [2.24, 2.45) is 0 Å². The summed E-state index contributed by atoms with van der Waals surface area (Å²) in [5.41, 5.74) is 4.49. The third-order valence-corrected chi connectivity index (χ3v) is 4.69. The maximum atomic E-state index is 6.54. The van der Waals surface area contributed by atoms with Crippen molar-refractivity contribution in [1.82, 2.24) is 15.5 Å². The fraction of sp³-hybridized carbons (Fsp3) is 0.471. The molecule has 4 rings (SSSR count). The van der Waals surface area contributed by atoms with Crippen LogP contribution in [0.15, 0.2) is 24.3 Å². The fourth-order valence-electron chi connectivity index (χ4n) is 3.62. The number of piperidine rings is 1. The van der Waals surface area contributed by atoms with E-state index in [-0.39, 0.29) is 5.60 Å². The van der Waals surface area contributed by atoms with E-state index in [1.54, 1.807) is 0 Å². The van der Waals surface area contributed by atoms with Gasteiger partial charge in [-0.2, -0.15) is 5.10 Å². The van der Waals surface area contributed by atoms with Gasteiger partial charge in [-0.25, -0.2) is 0 Å². The number of benzene rings is 1. The van der Waals surface area contributed by atoms with Gasteiger partial charge in [0.25, 0.3) is 0 Å². The van der Waals surface area contributed by atoms with Gasteiger partial charge in [0.1, 0.15) is 17.0 Å². The summed E-state index contributed by atoms with van der Waals surface area (Å²) in [6.45, 7) is 6.40. The predicted molar refractivity (Wildman–Crippen MR) is 82.5 cm³/mol. The lowest BCUT2D eigenvalue weighted by molar-refractivity contribution is 0.0297. The highest BCUT2D eigenvalue weighted by molar-refractivity contribution is 5.74. The lowest BCUT2D eigenvalue weighted by Gasteiger charge is -2.42. The molecule has 0 atom stereocenters. The lowest BCUT2D eigenvalue weighted by Crippen LogP contribution is -2.46. The van der Waals surface area contributed by atoms with Crippen molar-refractivity contribution in [3.8, 4) is 17.0 Å². The first-order valence-electron chi connectivity index (χ1n) is 7.79. The van der Waals surface area contributed by atoms with Crippen LogP contribution in [0.1, 0.15) is 43.9 Å². The largest absolute Gasteiger partial charge is 0.482 e. The number of rotatable bonds is 1. The Morgan fingerprint density at radius 3 is 2.71 bits per heavy atom. The van der Waals surface area contributed by atoms with Gasteiger partial charge in [-0.05, 0) is 31.1 Å². The van der Waals surface area contributed by atoms with Crippen molar-refractivity contribution in [1.29, 1.82) is 0 Å². The molecule has 1 saturated heterocycles. The molecule has 0 aliphatic carbocycles. The zero-order valence-corrected chi connectivity index (χ0v) is 12.6. The number of ether oxygens (including phenoxy) is 1. The van der Waals surface area contributed by atoms with Gasteiger partial charge in [0, 0.05) is 29.7 Å². The minimum atomic E-state index is -0.221. The van der Waals surface area contributed by atoms with Gasteiger partial charge in [-0.3, -0.25) is 5.10 Å². The zero-order chi connectivity index (χ0) is 14.4. The minimum Gasteiger partial charge on any atom is -0.482 e. The first-order valence-corrected chi connectivity index (χ1v) is 7.79. The second-order valence-electron chi connectivity index (χ2n) is 6.36. The van der Waals surface area contributed by atoms with Crippen LogP contribution in [0.2, 0.25) is 0 Å². The molecule has 2 aromatic rings. The Hall–Kier alpha value is -1.81. The van der Waals surface area contributed by atoms with E-state index < -0.39 is 0 Å². The van der Waals surface area contributed by atoms with Crippen LogP contribution < -0.4 is 10.1 Å². The molecule has 110 valence electrons. The highest BCUT2D eigenvalue weighted by atomic mass is 16.5. The van der Waals surface area contributed by atoms with Crippen molar-refractivity contribution < 1.29 is 4.74 Å². The number of fused-ring (bicyclic) bond motifs is 4. The molecule has 4 nitrogen and oxygen atoms in total. The molecule has 0 radical (unpaired) electrons. The topological polar surface area (TPSA) is 49.9 Å². The summed E-state index contributed by atoms with van der Waals surface area (Å²) >= 11 is 0.